The van der Waals surface area contributed by atoms with Crippen LogP contribution in [0, 0.1) is 13.8 Å². The summed E-state index contributed by atoms with van der Waals surface area (Å²) in [5, 5.41) is 7.28. The maximum atomic E-state index is 12.4. The molecule has 6 nitrogen and oxygen atoms in total. The number of fused-ring (bicyclic) bond motifs is 1. The minimum Gasteiger partial charge on any atom is -0.361 e. The summed E-state index contributed by atoms with van der Waals surface area (Å²) in [6.45, 7) is 4.68. The van der Waals surface area contributed by atoms with Crippen LogP contribution in [0.2, 0.25) is 0 Å². The molecule has 2 aromatic heterocycles. The van der Waals surface area contributed by atoms with Crippen LogP contribution >= 0.6 is 0 Å². The number of anilines is 2. The van der Waals surface area contributed by atoms with Gasteiger partial charge >= 0.3 is 0 Å². The Morgan fingerprint density at radius 2 is 1.83 bits per heavy atom. The van der Waals surface area contributed by atoms with Crippen molar-refractivity contribution in [2.75, 3.05) is 11.9 Å². The van der Waals surface area contributed by atoms with Gasteiger partial charge in [0.1, 0.15) is 0 Å². The fourth-order valence-electron chi connectivity index (χ4n) is 3.21. The molecule has 4 aromatic rings. The van der Waals surface area contributed by atoms with Crippen LogP contribution in [-0.2, 0) is 6.42 Å². The first-order valence-electron chi connectivity index (χ1n) is 9.59. The number of nitrogens with zero attached hydrogens (tertiary/aromatic N) is 2. The maximum absolute atomic E-state index is 12.4. The first-order valence-corrected chi connectivity index (χ1v) is 9.59. The van der Waals surface area contributed by atoms with Gasteiger partial charge in [0.25, 0.3) is 5.91 Å². The van der Waals surface area contributed by atoms with E-state index in [4.69, 9.17) is 0 Å². The number of aryl methyl sites for hydroxylation is 2. The third-order valence-electron chi connectivity index (χ3n) is 5.03. The van der Waals surface area contributed by atoms with Crippen LogP contribution < -0.4 is 10.6 Å². The lowest BCUT2D eigenvalue weighted by molar-refractivity contribution is 0.0953. The number of H-pyrrole nitrogens is 1. The van der Waals surface area contributed by atoms with E-state index in [1.807, 2.05) is 42.6 Å². The van der Waals surface area contributed by atoms with E-state index < -0.39 is 0 Å². The predicted molar refractivity (Wildman–Crippen MR) is 116 cm³/mol. The molecule has 0 unspecified atom stereocenters. The van der Waals surface area contributed by atoms with Gasteiger partial charge in [0.2, 0.25) is 5.95 Å². The highest BCUT2D eigenvalue weighted by Gasteiger charge is 2.08. The average molecular weight is 385 g/mol. The number of nitrogens with one attached hydrogen (secondary N) is 3. The number of benzene rings is 2. The molecule has 29 heavy (non-hydrogen) atoms. The van der Waals surface area contributed by atoms with Gasteiger partial charge in [-0.05, 0) is 55.2 Å². The molecule has 0 bridgehead atoms. The van der Waals surface area contributed by atoms with Crippen LogP contribution in [0.4, 0.5) is 11.6 Å². The molecule has 0 aliphatic rings. The Bertz CT molecular complexity index is 1150. The molecule has 4 rings (SSSR count). The molecule has 3 N–H and O–H groups in total. The second-order valence-electron chi connectivity index (χ2n) is 7.08. The minimum atomic E-state index is -0.178. The zero-order valence-corrected chi connectivity index (χ0v) is 16.5. The Balaban J connectivity index is 1.33. The van der Waals surface area contributed by atoms with E-state index in [9.17, 15) is 4.79 Å². The molecule has 0 saturated heterocycles. The number of aromatic nitrogens is 3. The second kappa shape index (κ2) is 8.14. The van der Waals surface area contributed by atoms with Crippen molar-refractivity contribution in [2.45, 2.75) is 20.3 Å². The van der Waals surface area contributed by atoms with Crippen molar-refractivity contribution in [1.29, 1.82) is 0 Å². The molecule has 0 aliphatic heterocycles. The zero-order valence-electron chi connectivity index (χ0n) is 16.5. The highest BCUT2D eigenvalue weighted by Crippen LogP contribution is 2.18. The lowest BCUT2D eigenvalue weighted by atomic mass is 10.1. The SMILES string of the molecule is Cc1ccc(Nc2ncc(C(=O)NCCc3c[nH]c4ccccc34)cn2)cc1C. The molecule has 0 saturated carbocycles. The quantitative estimate of drug-likeness (QED) is 0.462. The topological polar surface area (TPSA) is 82.7 Å². The number of aromatic amines is 1. The number of rotatable bonds is 6. The Morgan fingerprint density at radius 1 is 1.03 bits per heavy atom. The van der Waals surface area contributed by atoms with Gasteiger partial charge < -0.3 is 15.6 Å². The van der Waals surface area contributed by atoms with Crippen molar-refractivity contribution in [3.8, 4) is 0 Å². The smallest absolute Gasteiger partial charge is 0.254 e. The highest BCUT2D eigenvalue weighted by molar-refractivity contribution is 5.93. The van der Waals surface area contributed by atoms with E-state index in [1.165, 1.54) is 34.5 Å². The van der Waals surface area contributed by atoms with E-state index >= 15 is 0 Å². The molecule has 1 amide bonds. The number of hydrogen-bond donors (Lipinski definition) is 3. The standard InChI is InChI=1S/C23H23N5O/c1-15-7-8-19(11-16(15)2)28-23-26-13-18(14-27-23)22(29)24-10-9-17-12-25-21-6-4-3-5-20(17)21/h3-8,11-14,25H,9-10H2,1-2H3,(H,24,29)(H,26,27,28). The lowest BCUT2D eigenvalue weighted by Crippen LogP contribution is -2.26. The summed E-state index contributed by atoms with van der Waals surface area (Å²) in [7, 11) is 0. The molecule has 2 aromatic carbocycles. The zero-order chi connectivity index (χ0) is 20.2. The van der Waals surface area contributed by atoms with Crippen molar-refractivity contribution >= 4 is 28.4 Å². The van der Waals surface area contributed by atoms with Crippen LogP contribution in [0.15, 0.2) is 61.1 Å². The largest absolute Gasteiger partial charge is 0.361 e. The van der Waals surface area contributed by atoms with Crippen LogP contribution in [0.3, 0.4) is 0 Å². The van der Waals surface area contributed by atoms with Gasteiger partial charge in [0.05, 0.1) is 5.56 Å². The number of carbonyl (C=O) groups is 1. The monoisotopic (exact) mass is 385 g/mol. The van der Waals surface area contributed by atoms with Crippen molar-refractivity contribution in [3.63, 3.8) is 0 Å². The van der Waals surface area contributed by atoms with Crippen LogP contribution in [-0.4, -0.2) is 27.4 Å². The lowest BCUT2D eigenvalue weighted by Gasteiger charge is -2.08. The molecule has 0 radical (unpaired) electrons. The Labute approximate surface area is 169 Å². The fraction of sp³-hybridized carbons (Fsp3) is 0.174. The van der Waals surface area contributed by atoms with E-state index in [1.54, 1.807) is 0 Å². The first-order chi connectivity index (χ1) is 14.1. The van der Waals surface area contributed by atoms with Crippen molar-refractivity contribution < 1.29 is 4.79 Å². The molecule has 6 heteroatoms. The van der Waals surface area contributed by atoms with Gasteiger partial charge in [-0.15, -0.1) is 0 Å². The summed E-state index contributed by atoms with van der Waals surface area (Å²) < 4.78 is 0. The maximum Gasteiger partial charge on any atom is 0.254 e. The molecule has 0 atom stereocenters. The normalized spacial score (nSPS) is 10.8. The second-order valence-corrected chi connectivity index (χ2v) is 7.08. The van der Waals surface area contributed by atoms with Crippen LogP contribution in [0.25, 0.3) is 10.9 Å². The molecule has 0 spiro atoms. The summed E-state index contributed by atoms with van der Waals surface area (Å²) in [5.74, 6) is 0.283. The molecular formula is C23H23N5O. The van der Waals surface area contributed by atoms with E-state index in [0.717, 1.165) is 17.6 Å². The number of amides is 1. The van der Waals surface area contributed by atoms with Crippen molar-refractivity contribution in [2.24, 2.45) is 0 Å². The summed E-state index contributed by atoms with van der Waals surface area (Å²) in [6, 6.07) is 14.2. The molecule has 0 aliphatic carbocycles. The van der Waals surface area contributed by atoms with Gasteiger partial charge in [-0.1, -0.05) is 24.3 Å². The third-order valence-corrected chi connectivity index (χ3v) is 5.03. The molecule has 146 valence electrons. The Morgan fingerprint density at radius 3 is 2.62 bits per heavy atom. The van der Waals surface area contributed by atoms with E-state index in [2.05, 4.69) is 45.5 Å². The highest BCUT2D eigenvalue weighted by atomic mass is 16.1. The average Bonchev–Trinajstić information content (AvgIpc) is 3.14. The Hall–Kier alpha value is -3.67. The molecular weight excluding hydrogens is 362 g/mol. The summed E-state index contributed by atoms with van der Waals surface area (Å²) >= 11 is 0. The fourth-order valence-corrected chi connectivity index (χ4v) is 3.21. The minimum absolute atomic E-state index is 0.178. The summed E-state index contributed by atoms with van der Waals surface area (Å²) in [5.41, 5.74) is 6.08. The number of para-hydroxylation sites is 1. The van der Waals surface area contributed by atoms with Gasteiger partial charge in [-0.2, -0.15) is 0 Å². The Kier molecular flexibility index (Phi) is 5.24. The third kappa shape index (κ3) is 4.27. The van der Waals surface area contributed by atoms with Crippen LogP contribution in [0.5, 0.6) is 0 Å². The molecule has 2 heterocycles. The summed E-state index contributed by atoms with van der Waals surface area (Å²) in [4.78, 5) is 24.1. The van der Waals surface area contributed by atoms with Crippen molar-refractivity contribution in [3.05, 3.63) is 83.3 Å². The van der Waals surface area contributed by atoms with E-state index in [-0.39, 0.29) is 5.91 Å². The number of hydrogen-bond acceptors (Lipinski definition) is 4. The van der Waals surface area contributed by atoms with Crippen LogP contribution in [0.1, 0.15) is 27.0 Å². The van der Waals surface area contributed by atoms with Gasteiger partial charge in [-0.3, -0.25) is 4.79 Å². The van der Waals surface area contributed by atoms with E-state index in [0.29, 0.717) is 18.1 Å². The van der Waals surface area contributed by atoms with Gasteiger partial charge in [0.15, 0.2) is 0 Å². The van der Waals surface area contributed by atoms with Crippen molar-refractivity contribution in [1.82, 2.24) is 20.3 Å². The summed E-state index contributed by atoms with van der Waals surface area (Å²) in [6.07, 6.45) is 5.82. The number of carbonyl (C=O) groups excluding carboxylic acids is 1. The first kappa shape index (κ1) is 18.7. The van der Waals surface area contributed by atoms with Gasteiger partial charge in [0, 0.05) is 41.7 Å². The van der Waals surface area contributed by atoms with Gasteiger partial charge in [-0.25, -0.2) is 9.97 Å². The predicted octanol–water partition coefficient (Wildman–Crippen LogP) is 4.29. The molecule has 0 fully saturated rings.